The van der Waals surface area contributed by atoms with Crippen molar-refractivity contribution in [3.63, 3.8) is 0 Å². The molecular formula is C24H25N5O2. The Balaban J connectivity index is 1.40. The fourth-order valence-electron chi connectivity index (χ4n) is 3.42. The summed E-state index contributed by atoms with van der Waals surface area (Å²) >= 11 is 0. The van der Waals surface area contributed by atoms with Crippen molar-refractivity contribution in [3.8, 4) is 11.4 Å². The average molecular weight is 415 g/mol. The zero-order valence-corrected chi connectivity index (χ0v) is 18.1. The number of hydrogen-bond acceptors (Lipinski definition) is 5. The van der Waals surface area contributed by atoms with Crippen LogP contribution in [0.1, 0.15) is 51.7 Å². The van der Waals surface area contributed by atoms with Crippen LogP contribution in [-0.2, 0) is 6.54 Å². The van der Waals surface area contributed by atoms with Crippen LogP contribution in [0.15, 0.2) is 59.1 Å². The lowest BCUT2D eigenvalue weighted by molar-refractivity contribution is 0.0932. The Labute approximate surface area is 181 Å². The van der Waals surface area contributed by atoms with E-state index in [1.807, 2.05) is 87.0 Å². The maximum absolute atomic E-state index is 12.7. The summed E-state index contributed by atoms with van der Waals surface area (Å²) in [5.41, 5.74) is 5.75. The van der Waals surface area contributed by atoms with Crippen molar-refractivity contribution in [1.29, 1.82) is 0 Å². The molecule has 158 valence electrons. The molecule has 4 rings (SSSR count). The van der Waals surface area contributed by atoms with E-state index in [0.717, 1.165) is 28.1 Å². The minimum absolute atomic E-state index is 0.194. The highest BCUT2D eigenvalue weighted by molar-refractivity contribution is 5.94. The second-order valence-electron chi connectivity index (χ2n) is 7.80. The third-order valence-corrected chi connectivity index (χ3v) is 5.09. The molecular weight excluding hydrogens is 390 g/mol. The van der Waals surface area contributed by atoms with Crippen LogP contribution < -0.4 is 5.32 Å². The second-order valence-corrected chi connectivity index (χ2v) is 7.80. The highest BCUT2D eigenvalue weighted by Gasteiger charge is 2.18. The average Bonchev–Trinajstić information content (AvgIpc) is 3.35. The molecule has 7 nitrogen and oxygen atoms in total. The molecule has 0 aliphatic heterocycles. The van der Waals surface area contributed by atoms with Crippen LogP contribution >= 0.6 is 0 Å². The van der Waals surface area contributed by atoms with E-state index in [-0.39, 0.29) is 5.91 Å². The lowest BCUT2D eigenvalue weighted by Gasteiger charge is -2.10. The molecule has 31 heavy (non-hydrogen) atoms. The maximum atomic E-state index is 12.7. The number of rotatable bonds is 6. The highest BCUT2D eigenvalue weighted by atomic mass is 16.5. The Hall–Kier alpha value is -3.74. The number of benzene rings is 2. The SMILES string of the molecule is Cc1cccc(-c2noc([C@@H](C)NC(=O)c3ccc(Cn4nc(C)cc4C)cc3)n2)c1. The fraction of sp³-hybridized carbons (Fsp3) is 0.250. The molecule has 1 atom stereocenters. The van der Waals surface area contributed by atoms with Crippen molar-refractivity contribution in [1.82, 2.24) is 25.2 Å². The standard InChI is InChI=1S/C24H25N5O2/c1-15-6-5-7-21(12-15)22-26-24(31-28-22)18(4)25-23(30)20-10-8-19(9-11-20)14-29-17(3)13-16(2)27-29/h5-13,18H,14H2,1-4H3,(H,25,30)/t18-/m1/s1. The van der Waals surface area contributed by atoms with Crippen LogP contribution in [0.2, 0.25) is 0 Å². The van der Waals surface area contributed by atoms with E-state index in [2.05, 4.69) is 20.6 Å². The van der Waals surface area contributed by atoms with Crippen LogP contribution in [0.25, 0.3) is 11.4 Å². The number of hydrogen-bond donors (Lipinski definition) is 1. The van der Waals surface area contributed by atoms with E-state index in [9.17, 15) is 4.79 Å². The van der Waals surface area contributed by atoms with Gasteiger partial charge < -0.3 is 9.84 Å². The molecule has 0 bridgehead atoms. The van der Waals surface area contributed by atoms with Crippen molar-refractivity contribution in [2.75, 3.05) is 0 Å². The molecule has 0 spiro atoms. The number of amides is 1. The number of aromatic nitrogens is 4. The van der Waals surface area contributed by atoms with Gasteiger partial charge in [-0.3, -0.25) is 9.48 Å². The topological polar surface area (TPSA) is 85.8 Å². The normalized spacial score (nSPS) is 12.0. The largest absolute Gasteiger partial charge is 0.341 e. The Kier molecular flexibility index (Phi) is 5.66. The van der Waals surface area contributed by atoms with E-state index in [1.165, 1.54) is 0 Å². The molecule has 2 heterocycles. The Bertz CT molecular complexity index is 1210. The van der Waals surface area contributed by atoms with E-state index in [4.69, 9.17) is 4.52 Å². The Morgan fingerprint density at radius 2 is 1.87 bits per heavy atom. The number of aryl methyl sites for hydroxylation is 3. The molecule has 2 aromatic carbocycles. The van der Waals surface area contributed by atoms with Gasteiger partial charge in [0.2, 0.25) is 11.7 Å². The summed E-state index contributed by atoms with van der Waals surface area (Å²) in [4.78, 5) is 17.1. The van der Waals surface area contributed by atoms with Crippen LogP contribution in [0.5, 0.6) is 0 Å². The van der Waals surface area contributed by atoms with Gasteiger partial charge in [0.15, 0.2) is 0 Å². The molecule has 7 heteroatoms. The first kappa shape index (κ1) is 20.5. The first-order valence-electron chi connectivity index (χ1n) is 10.2. The van der Waals surface area contributed by atoms with Crippen LogP contribution in [-0.4, -0.2) is 25.8 Å². The number of carbonyl (C=O) groups is 1. The summed E-state index contributed by atoms with van der Waals surface area (Å²) in [5, 5.41) is 11.4. The third kappa shape index (κ3) is 4.71. The fourth-order valence-corrected chi connectivity index (χ4v) is 3.42. The minimum atomic E-state index is -0.409. The summed E-state index contributed by atoms with van der Waals surface area (Å²) in [6.45, 7) is 8.51. The molecule has 0 saturated heterocycles. The van der Waals surface area contributed by atoms with Crippen LogP contribution in [0.4, 0.5) is 0 Å². The van der Waals surface area contributed by atoms with E-state index in [0.29, 0.717) is 23.8 Å². The molecule has 1 N–H and O–H groups in total. The van der Waals surface area contributed by atoms with Gasteiger partial charge in [0.25, 0.3) is 5.91 Å². The predicted octanol–water partition coefficient (Wildman–Crippen LogP) is 4.40. The smallest absolute Gasteiger partial charge is 0.251 e. The molecule has 0 aliphatic carbocycles. The number of carbonyl (C=O) groups excluding carboxylic acids is 1. The lowest BCUT2D eigenvalue weighted by atomic mass is 10.1. The second kappa shape index (κ2) is 8.55. The minimum Gasteiger partial charge on any atom is -0.341 e. The van der Waals surface area contributed by atoms with Crippen LogP contribution in [0, 0.1) is 20.8 Å². The monoisotopic (exact) mass is 415 g/mol. The van der Waals surface area contributed by atoms with Gasteiger partial charge in [-0.2, -0.15) is 10.1 Å². The summed E-state index contributed by atoms with van der Waals surface area (Å²) in [5.74, 6) is 0.680. The summed E-state index contributed by atoms with van der Waals surface area (Å²) in [6.07, 6.45) is 0. The van der Waals surface area contributed by atoms with E-state index < -0.39 is 6.04 Å². The summed E-state index contributed by atoms with van der Waals surface area (Å²) < 4.78 is 7.32. The van der Waals surface area contributed by atoms with Gasteiger partial charge in [-0.25, -0.2) is 0 Å². The van der Waals surface area contributed by atoms with Gasteiger partial charge in [-0.05, 0) is 57.5 Å². The molecule has 1 amide bonds. The predicted molar refractivity (Wildman–Crippen MR) is 118 cm³/mol. The van der Waals surface area contributed by atoms with Gasteiger partial charge in [0.1, 0.15) is 6.04 Å². The molecule has 0 radical (unpaired) electrons. The maximum Gasteiger partial charge on any atom is 0.251 e. The van der Waals surface area contributed by atoms with Gasteiger partial charge in [0, 0.05) is 16.8 Å². The summed E-state index contributed by atoms with van der Waals surface area (Å²) in [6, 6.07) is 17.0. The van der Waals surface area contributed by atoms with Crippen molar-refractivity contribution in [3.05, 3.63) is 88.6 Å². The number of nitrogens with zero attached hydrogens (tertiary/aromatic N) is 4. The first-order valence-corrected chi connectivity index (χ1v) is 10.2. The van der Waals surface area contributed by atoms with Gasteiger partial charge in [-0.1, -0.05) is 41.1 Å². The molecule has 2 aromatic heterocycles. The lowest BCUT2D eigenvalue weighted by Crippen LogP contribution is -2.26. The first-order chi connectivity index (χ1) is 14.9. The zero-order chi connectivity index (χ0) is 22.0. The molecule has 0 aliphatic rings. The zero-order valence-electron chi connectivity index (χ0n) is 18.1. The molecule has 0 saturated carbocycles. The quantitative estimate of drug-likeness (QED) is 0.504. The van der Waals surface area contributed by atoms with Crippen LogP contribution in [0.3, 0.4) is 0 Å². The number of nitrogens with one attached hydrogen (secondary N) is 1. The van der Waals surface area contributed by atoms with Gasteiger partial charge in [-0.15, -0.1) is 0 Å². The Morgan fingerprint density at radius 1 is 1.10 bits per heavy atom. The molecule has 4 aromatic rings. The van der Waals surface area contributed by atoms with Crippen molar-refractivity contribution in [2.24, 2.45) is 0 Å². The third-order valence-electron chi connectivity index (χ3n) is 5.09. The van der Waals surface area contributed by atoms with Gasteiger partial charge in [0.05, 0.1) is 12.2 Å². The summed E-state index contributed by atoms with van der Waals surface area (Å²) in [7, 11) is 0. The van der Waals surface area contributed by atoms with Gasteiger partial charge >= 0.3 is 0 Å². The van der Waals surface area contributed by atoms with Crippen molar-refractivity contribution in [2.45, 2.75) is 40.3 Å². The highest BCUT2D eigenvalue weighted by Crippen LogP contribution is 2.20. The Morgan fingerprint density at radius 3 is 2.55 bits per heavy atom. The van der Waals surface area contributed by atoms with E-state index >= 15 is 0 Å². The molecule has 0 unspecified atom stereocenters. The van der Waals surface area contributed by atoms with Crippen molar-refractivity contribution >= 4 is 5.91 Å². The molecule has 0 fully saturated rings. The van der Waals surface area contributed by atoms with Crippen molar-refractivity contribution < 1.29 is 9.32 Å². The van der Waals surface area contributed by atoms with E-state index in [1.54, 1.807) is 0 Å².